The van der Waals surface area contributed by atoms with Gasteiger partial charge in [0.25, 0.3) is 10.9 Å². The quantitative estimate of drug-likeness (QED) is 0.502. The fraction of sp³-hybridized carbons (Fsp3) is 0.200. The lowest BCUT2D eigenvalue weighted by atomic mass is 10.4. The molecule has 1 aliphatic heterocycles. The van der Waals surface area contributed by atoms with Crippen molar-refractivity contribution >= 4 is 17.1 Å². The van der Waals surface area contributed by atoms with Crippen LogP contribution in [0.25, 0.3) is 0 Å². The second-order valence-electron chi connectivity index (χ2n) is 2.08. The van der Waals surface area contributed by atoms with E-state index in [-0.39, 0.29) is 11.8 Å². The highest BCUT2D eigenvalue weighted by molar-refractivity contribution is 7.91. The van der Waals surface area contributed by atoms with Crippen LogP contribution in [0.4, 0.5) is 0 Å². The molecule has 2 heterocycles. The minimum Gasteiger partial charge on any atom is -0.609 e. The van der Waals surface area contributed by atoms with E-state index in [0.29, 0.717) is 10.7 Å². The first-order chi connectivity index (χ1) is 5.29. The van der Waals surface area contributed by atoms with Crippen molar-refractivity contribution in [3.63, 3.8) is 0 Å². The highest BCUT2D eigenvalue weighted by Crippen LogP contribution is 2.15. The Kier molecular flexibility index (Phi) is 1.36. The van der Waals surface area contributed by atoms with Gasteiger partial charge in [-0.1, -0.05) is 0 Å². The molecule has 0 fully saturated rings. The smallest absolute Gasteiger partial charge is 0.278 e. The molecule has 11 heavy (non-hydrogen) atoms. The predicted octanol–water partition coefficient (Wildman–Crippen LogP) is -0.782. The zero-order valence-corrected chi connectivity index (χ0v) is 6.27. The standard InChI is InChI=1S/C5H5N3O2S/c9-4-3-5(7-1-6-3)11(10)2-8-4/h1H,2H2,(H,6,7)(H,8,9). The van der Waals surface area contributed by atoms with Gasteiger partial charge >= 0.3 is 0 Å². The molecule has 2 N–H and O–H groups in total. The molecule has 0 radical (unpaired) electrons. The maximum atomic E-state index is 11.1. The summed E-state index contributed by atoms with van der Waals surface area (Å²) in [6.07, 6.45) is 1.37. The normalized spacial score (nSPS) is 22.6. The third kappa shape index (κ3) is 0.908. The number of carbonyl (C=O) groups is 1. The van der Waals surface area contributed by atoms with Crippen molar-refractivity contribution in [3.05, 3.63) is 12.0 Å². The summed E-state index contributed by atoms with van der Waals surface area (Å²) >= 11 is -1.18. The number of carbonyl (C=O) groups excluding carboxylic acids is 1. The van der Waals surface area contributed by atoms with Crippen LogP contribution in [-0.4, -0.2) is 26.3 Å². The Morgan fingerprint density at radius 2 is 2.55 bits per heavy atom. The Morgan fingerprint density at radius 1 is 1.73 bits per heavy atom. The number of rotatable bonds is 0. The molecule has 1 atom stereocenters. The molecule has 0 saturated carbocycles. The van der Waals surface area contributed by atoms with Crippen molar-refractivity contribution in [1.29, 1.82) is 0 Å². The molecule has 1 amide bonds. The first kappa shape index (κ1) is 6.68. The van der Waals surface area contributed by atoms with E-state index in [1.54, 1.807) is 0 Å². The number of hydrogen-bond donors (Lipinski definition) is 2. The zero-order chi connectivity index (χ0) is 7.84. The van der Waals surface area contributed by atoms with E-state index in [0.717, 1.165) is 0 Å². The number of fused-ring (bicyclic) bond motifs is 1. The number of aromatic nitrogens is 2. The molecule has 5 nitrogen and oxygen atoms in total. The summed E-state index contributed by atoms with van der Waals surface area (Å²) in [7, 11) is 0. The highest BCUT2D eigenvalue weighted by atomic mass is 32.2. The van der Waals surface area contributed by atoms with Gasteiger partial charge in [-0.25, -0.2) is 0 Å². The van der Waals surface area contributed by atoms with Crippen molar-refractivity contribution in [2.24, 2.45) is 0 Å². The third-order valence-corrected chi connectivity index (χ3v) is 2.56. The van der Waals surface area contributed by atoms with Crippen LogP contribution >= 0.6 is 0 Å². The Balaban J connectivity index is 2.51. The number of nitrogens with one attached hydrogen (secondary N) is 2. The maximum absolute atomic E-state index is 11.1. The van der Waals surface area contributed by atoms with E-state index >= 15 is 0 Å². The minimum atomic E-state index is -1.18. The Hall–Kier alpha value is -1.01. The number of amides is 1. The van der Waals surface area contributed by atoms with Crippen LogP contribution in [0.3, 0.4) is 0 Å². The number of H-pyrrole nitrogens is 1. The lowest BCUT2D eigenvalue weighted by Gasteiger charge is -2.14. The zero-order valence-electron chi connectivity index (χ0n) is 5.46. The fourth-order valence-electron chi connectivity index (χ4n) is 0.905. The van der Waals surface area contributed by atoms with Crippen LogP contribution in [0.5, 0.6) is 0 Å². The summed E-state index contributed by atoms with van der Waals surface area (Å²) in [6, 6.07) is 0. The second-order valence-corrected chi connectivity index (χ2v) is 3.44. The van der Waals surface area contributed by atoms with Crippen LogP contribution in [0.15, 0.2) is 11.4 Å². The van der Waals surface area contributed by atoms with Crippen LogP contribution in [0.2, 0.25) is 0 Å². The molecular weight excluding hydrogens is 166 g/mol. The summed E-state index contributed by atoms with van der Waals surface area (Å²) in [5, 5.41) is 2.82. The predicted molar refractivity (Wildman–Crippen MR) is 37.3 cm³/mol. The Bertz CT molecular complexity index is 298. The van der Waals surface area contributed by atoms with E-state index in [9.17, 15) is 9.35 Å². The van der Waals surface area contributed by atoms with Gasteiger partial charge in [-0.15, -0.1) is 0 Å². The first-order valence-electron chi connectivity index (χ1n) is 2.99. The molecular formula is C5H5N3O2S. The largest absolute Gasteiger partial charge is 0.609 e. The Morgan fingerprint density at radius 3 is 3.27 bits per heavy atom. The van der Waals surface area contributed by atoms with Gasteiger partial charge in [-0.05, 0) is 0 Å². The average Bonchev–Trinajstić information content (AvgIpc) is 2.45. The summed E-state index contributed by atoms with van der Waals surface area (Å²) in [6.45, 7) is 0. The van der Waals surface area contributed by atoms with Gasteiger partial charge in [-0.2, -0.15) is 4.98 Å². The number of nitrogens with zero attached hydrogens (tertiary/aromatic N) is 1. The van der Waals surface area contributed by atoms with E-state index < -0.39 is 11.2 Å². The molecule has 1 aromatic rings. The molecule has 1 unspecified atom stereocenters. The molecule has 2 rings (SSSR count). The Labute approximate surface area is 65.4 Å². The van der Waals surface area contributed by atoms with Gasteiger partial charge in [0.15, 0.2) is 11.6 Å². The molecule has 0 aromatic carbocycles. The van der Waals surface area contributed by atoms with E-state index in [1.807, 2.05) is 0 Å². The van der Waals surface area contributed by atoms with Crippen molar-refractivity contribution in [2.75, 3.05) is 5.88 Å². The monoisotopic (exact) mass is 171 g/mol. The summed E-state index contributed by atoms with van der Waals surface area (Å²) < 4.78 is 11.1. The SMILES string of the molecule is O=C1NC[S+]([O-])c2nc[nH]c21. The van der Waals surface area contributed by atoms with Crippen LogP contribution in [0, 0.1) is 0 Å². The second kappa shape index (κ2) is 2.24. The average molecular weight is 171 g/mol. The third-order valence-electron chi connectivity index (χ3n) is 1.41. The molecule has 58 valence electrons. The highest BCUT2D eigenvalue weighted by Gasteiger charge is 2.29. The van der Waals surface area contributed by atoms with Gasteiger partial charge in [0.1, 0.15) is 0 Å². The van der Waals surface area contributed by atoms with Gasteiger partial charge in [0, 0.05) is 11.2 Å². The molecule has 0 bridgehead atoms. The van der Waals surface area contributed by atoms with Crippen LogP contribution < -0.4 is 5.32 Å². The first-order valence-corrected chi connectivity index (χ1v) is 4.31. The molecule has 0 aliphatic carbocycles. The van der Waals surface area contributed by atoms with Gasteiger partial charge < -0.3 is 14.9 Å². The molecule has 0 saturated heterocycles. The summed E-state index contributed by atoms with van der Waals surface area (Å²) in [5.74, 6) is -0.0754. The molecule has 6 heteroatoms. The van der Waals surface area contributed by atoms with Gasteiger partial charge in [0.2, 0.25) is 0 Å². The van der Waals surface area contributed by atoms with Crippen LogP contribution in [-0.2, 0) is 11.2 Å². The van der Waals surface area contributed by atoms with E-state index in [4.69, 9.17) is 0 Å². The van der Waals surface area contributed by atoms with Crippen molar-refractivity contribution < 1.29 is 9.35 Å². The topological polar surface area (TPSA) is 80.8 Å². The fourth-order valence-corrected chi connectivity index (χ4v) is 1.85. The van der Waals surface area contributed by atoms with Gasteiger partial charge in [-0.3, -0.25) is 4.79 Å². The molecule has 1 aromatic heterocycles. The van der Waals surface area contributed by atoms with E-state index in [1.165, 1.54) is 6.33 Å². The van der Waals surface area contributed by atoms with Crippen molar-refractivity contribution in [3.8, 4) is 0 Å². The van der Waals surface area contributed by atoms with E-state index in [2.05, 4.69) is 15.3 Å². The lowest BCUT2D eigenvalue weighted by Crippen LogP contribution is -2.36. The number of hydrogen-bond acceptors (Lipinski definition) is 3. The molecule has 0 spiro atoms. The van der Waals surface area contributed by atoms with Crippen molar-refractivity contribution in [1.82, 2.24) is 15.3 Å². The minimum absolute atomic E-state index is 0.163. The maximum Gasteiger partial charge on any atom is 0.278 e. The van der Waals surface area contributed by atoms with Crippen molar-refractivity contribution in [2.45, 2.75) is 5.03 Å². The van der Waals surface area contributed by atoms with Crippen LogP contribution in [0.1, 0.15) is 10.5 Å². The summed E-state index contributed by atoms with van der Waals surface area (Å²) in [4.78, 5) is 17.4. The summed E-state index contributed by atoms with van der Waals surface area (Å²) in [5.41, 5.74) is 0.314. The van der Waals surface area contributed by atoms with Gasteiger partial charge in [0.05, 0.1) is 6.33 Å². The number of imidazole rings is 1. The lowest BCUT2D eigenvalue weighted by molar-refractivity contribution is 0.0948. The molecule has 1 aliphatic rings. The number of aromatic amines is 1.